The van der Waals surface area contributed by atoms with Crippen LogP contribution in [0.25, 0.3) is 0 Å². The highest BCUT2D eigenvalue weighted by Crippen LogP contribution is 2.71. The van der Waals surface area contributed by atoms with Crippen LogP contribution in [0, 0.1) is 46.3 Å². The van der Waals surface area contributed by atoms with Gasteiger partial charge in [-0.15, -0.1) is 0 Å². The lowest BCUT2D eigenvalue weighted by Gasteiger charge is -2.67. The largest absolute Gasteiger partial charge is 0.390 e. The van der Waals surface area contributed by atoms with E-state index in [2.05, 4.69) is 20.8 Å². The molecule has 6 fully saturated rings. The Balaban J connectivity index is 1.31. The fourth-order valence-electron chi connectivity index (χ4n) is 10.4. The van der Waals surface area contributed by atoms with E-state index >= 15 is 0 Å². The zero-order valence-electron chi connectivity index (χ0n) is 21.1. The summed E-state index contributed by atoms with van der Waals surface area (Å²) in [6.45, 7) is 9.58. The Hall–Kier alpha value is -0.280. The Labute approximate surface area is 202 Å². The van der Waals surface area contributed by atoms with Crippen molar-refractivity contribution >= 4 is 0 Å². The van der Waals surface area contributed by atoms with Crippen molar-refractivity contribution in [3.63, 3.8) is 0 Å². The van der Waals surface area contributed by atoms with Crippen LogP contribution in [0.3, 0.4) is 0 Å². The molecule has 5 N–H and O–H groups in total. The Morgan fingerprint density at radius 3 is 2.21 bits per heavy atom. The summed E-state index contributed by atoms with van der Waals surface area (Å²) in [6.07, 6.45) is 0.310. The Kier molecular flexibility index (Phi) is 5.24. The number of ether oxygens (including phenoxy) is 2. The maximum Gasteiger partial charge on any atom is 0.171 e. The molecule has 2 aliphatic heterocycles. The predicted molar refractivity (Wildman–Crippen MR) is 123 cm³/mol. The second-order valence-corrected chi connectivity index (χ2v) is 13.5. The van der Waals surface area contributed by atoms with Crippen LogP contribution in [0.2, 0.25) is 0 Å². The van der Waals surface area contributed by atoms with Crippen molar-refractivity contribution in [3.8, 4) is 0 Å². The molecule has 1 spiro atoms. The van der Waals surface area contributed by atoms with Crippen LogP contribution in [0.15, 0.2) is 0 Å². The van der Waals surface area contributed by atoms with Gasteiger partial charge in [-0.05, 0) is 73.5 Å². The summed E-state index contributed by atoms with van der Waals surface area (Å²) in [5, 5.41) is 54.7. The smallest absolute Gasteiger partial charge is 0.171 e. The molecule has 0 radical (unpaired) electrons. The molecule has 0 aromatic rings. The average molecular weight is 481 g/mol. The number of aliphatic hydroxyl groups is 5. The molecule has 0 bridgehead atoms. The Morgan fingerprint density at radius 2 is 1.53 bits per heavy atom. The summed E-state index contributed by atoms with van der Waals surface area (Å²) < 4.78 is 13.2. The minimum atomic E-state index is -1.62. The molecule has 0 aromatic heterocycles. The number of rotatable bonds is 0. The molecule has 0 amide bonds. The zero-order chi connectivity index (χ0) is 24.4. The normalized spacial score (nSPS) is 65.4. The molecular weight excluding hydrogens is 436 g/mol. The van der Waals surface area contributed by atoms with Gasteiger partial charge < -0.3 is 35.0 Å². The molecule has 0 unspecified atom stereocenters. The minimum absolute atomic E-state index is 0.0361. The molecule has 4 aliphatic carbocycles. The number of aliphatic hydroxyl groups excluding tert-OH is 4. The molecule has 6 aliphatic rings. The van der Waals surface area contributed by atoms with E-state index in [0.717, 1.165) is 45.1 Å². The van der Waals surface area contributed by atoms with E-state index in [1.54, 1.807) is 0 Å². The van der Waals surface area contributed by atoms with Crippen molar-refractivity contribution < 1.29 is 35.0 Å². The van der Waals surface area contributed by atoms with Crippen LogP contribution in [0.1, 0.15) is 72.6 Å². The highest BCUT2D eigenvalue weighted by atomic mass is 16.7. The van der Waals surface area contributed by atoms with Gasteiger partial charge in [-0.25, -0.2) is 0 Å². The molecule has 7 nitrogen and oxygen atoms in total. The van der Waals surface area contributed by atoms with Gasteiger partial charge in [0, 0.05) is 17.8 Å². The van der Waals surface area contributed by atoms with Gasteiger partial charge in [0.05, 0.1) is 18.8 Å². The maximum absolute atomic E-state index is 11.7. The summed E-state index contributed by atoms with van der Waals surface area (Å²) in [5.74, 6) is 1.52. The molecular formula is C27H44O7. The van der Waals surface area contributed by atoms with Gasteiger partial charge >= 0.3 is 0 Å². The fourth-order valence-corrected chi connectivity index (χ4v) is 10.4. The predicted octanol–water partition coefficient (Wildman–Crippen LogP) is 1.82. The lowest BCUT2D eigenvalue weighted by atomic mass is 9.41. The lowest BCUT2D eigenvalue weighted by molar-refractivity contribution is -0.325. The number of hydrogen-bond donors (Lipinski definition) is 5. The van der Waals surface area contributed by atoms with Gasteiger partial charge in [0.1, 0.15) is 23.9 Å². The third kappa shape index (κ3) is 2.68. The van der Waals surface area contributed by atoms with Crippen molar-refractivity contribution in [1.29, 1.82) is 0 Å². The van der Waals surface area contributed by atoms with Crippen LogP contribution in [-0.2, 0) is 9.47 Å². The van der Waals surface area contributed by atoms with Crippen molar-refractivity contribution in [2.45, 2.75) is 115 Å². The summed E-state index contributed by atoms with van der Waals surface area (Å²) in [6, 6.07) is 0. The van der Waals surface area contributed by atoms with E-state index in [1.807, 2.05) is 6.92 Å². The van der Waals surface area contributed by atoms with Crippen LogP contribution in [-0.4, -0.2) is 74.0 Å². The van der Waals surface area contributed by atoms with Crippen LogP contribution in [0.4, 0.5) is 0 Å². The summed E-state index contributed by atoms with van der Waals surface area (Å²) >= 11 is 0. The van der Waals surface area contributed by atoms with Crippen molar-refractivity contribution in [1.82, 2.24) is 0 Å². The SMILES string of the molecule is C[C@@H]1CC[C@@]2(OC1)O[C@H]1C[C@@H]3[C@@H]4CC[C@@]5(O)[C@@H](O)[C@H](O)[C@H](O)[C@@H](O)[C@@]5(C)[C@@H]4CC[C@]3(C)[C@H]1[C@@H]2C. The lowest BCUT2D eigenvalue weighted by Crippen LogP contribution is -2.77. The van der Waals surface area contributed by atoms with E-state index in [-0.39, 0.29) is 23.4 Å². The monoisotopic (exact) mass is 480 g/mol. The second kappa shape index (κ2) is 7.40. The van der Waals surface area contributed by atoms with Crippen LogP contribution >= 0.6 is 0 Å². The van der Waals surface area contributed by atoms with E-state index in [0.29, 0.717) is 30.1 Å². The summed E-state index contributed by atoms with van der Waals surface area (Å²) in [4.78, 5) is 0. The van der Waals surface area contributed by atoms with Gasteiger partial charge in [-0.2, -0.15) is 0 Å². The van der Waals surface area contributed by atoms with Gasteiger partial charge in [0.15, 0.2) is 5.79 Å². The number of fused-ring (bicyclic) bond motifs is 7. The Morgan fingerprint density at radius 1 is 0.824 bits per heavy atom. The van der Waals surface area contributed by atoms with Gasteiger partial charge in [-0.3, -0.25) is 0 Å². The van der Waals surface area contributed by atoms with Crippen molar-refractivity contribution in [3.05, 3.63) is 0 Å². The molecule has 34 heavy (non-hydrogen) atoms. The topological polar surface area (TPSA) is 120 Å². The first kappa shape index (κ1) is 24.1. The van der Waals surface area contributed by atoms with E-state index < -0.39 is 41.2 Å². The second-order valence-electron chi connectivity index (χ2n) is 13.5. The molecule has 7 heteroatoms. The highest BCUT2D eigenvalue weighted by molar-refractivity contribution is 5.22. The summed E-state index contributed by atoms with van der Waals surface area (Å²) in [7, 11) is 0. The van der Waals surface area contributed by atoms with Gasteiger partial charge in [-0.1, -0.05) is 27.7 Å². The first-order chi connectivity index (χ1) is 15.9. The van der Waals surface area contributed by atoms with E-state index in [4.69, 9.17) is 9.47 Å². The molecule has 2 heterocycles. The van der Waals surface area contributed by atoms with Crippen molar-refractivity contribution in [2.24, 2.45) is 46.3 Å². The molecule has 4 saturated carbocycles. The Bertz CT molecular complexity index is 828. The minimum Gasteiger partial charge on any atom is -0.390 e. The molecule has 0 aromatic carbocycles. The molecule has 15 atom stereocenters. The van der Waals surface area contributed by atoms with Crippen molar-refractivity contribution in [2.75, 3.05) is 6.61 Å². The third-order valence-corrected chi connectivity index (χ3v) is 12.4. The van der Waals surface area contributed by atoms with Crippen LogP contribution < -0.4 is 0 Å². The van der Waals surface area contributed by atoms with Gasteiger partial charge in [0.25, 0.3) is 0 Å². The average Bonchev–Trinajstić information content (AvgIpc) is 3.25. The quantitative estimate of drug-likeness (QED) is 0.359. The maximum atomic E-state index is 11.7. The summed E-state index contributed by atoms with van der Waals surface area (Å²) in [5.41, 5.74) is -2.60. The highest BCUT2D eigenvalue weighted by Gasteiger charge is 2.74. The molecule has 2 saturated heterocycles. The third-order valence-electron chi connectivity index (χ3n) is 12.4. The molecule has 194 valence electrons. The van der Waals surface area contributed by atoms with E-state index in [1.165, 1.54) is 0 Å². The first-order valence-corrected chi connectivity index (χ1v) is 13.7. The number of hydrogen-bond acceptors (Lipinski definition) is 7. The van der Waals surface area contributed by atoms with E-state index in [9.17, 15) is 25.5 Å². The zero-order valence-corrected chi connectivity index (χ0v) is 21.1. The van der Waals surface area contributed by atoms with Crippen LogP contribution in [0.5, 0.6) is 0 Å². The van der Waals surface area contributed by atoms with Gasteiger partial charge in [0.2, 0.25) is 0 Å². The fraction of sp³-hybridized carbons (Fsp3) is 1.00. The molecule has 6 rings (SSSR count). The standard InChI is InChI=1S/C27H44O7/c1-13-5-10-27(33-12-13)14(2)19-18(34-27)11-17-15-6-9-26(32)23(31)21(29)20(28)22(30)25(26,4)16(15)7-8-24(17,19)3/h13-23,28-32H,5-12H2,1-4H3/t13-,14+,15-,16-,17-,18+,19+,20+,21-,22-,23+,24+,25-,26-,27-/m1/s1. The first-order valence-electron chi connectivity index (χ1n) is 13.7.